The van der Waals surface area contributed by atoms with Gasteiger partial charge in [-0.15, -0.1) is 0 Å². The van der Waals surface area contributed by atoms with E-state index in [1.165, 1.54) is 0 Å². The van der Waals surface area contributed by atoms with Crippen LogP contribution in [0.1, 0.15) is 25.5 Å². The molecule has 1 saturated heterocycles. The molecule has 1 aromatic rings. The van der Waals surface area contributed by atoms with Crippen LogP contribution in [0.4, 0.5) is 6.01 Å². The maximum absolute atomic E-state index is 9.35. The minimum Gasteiger partial charge on any atom is -0.432 e. The maximum atomic E-state index is 9.35. The second-order valence-corrected chi connectivity index (χ2v) is 3.78. The summed E-state index contributed by atoms with van der Waals surface area (Å²) in [5, 5.41) is 9.35. The smallest absolute Gasteiger partial charge is 0.373 e. The zero-order valence-corrected chi connectivity index (χ0v) is 9.76. The number of nitrogens with zero attached hydrogens (tertiary/aromatic N) is 2. The van der Waals surface area contributed by atoms with E-state index in [9.17, 15) is 5.11 Å². The number of carbonyl (C=O) groups excluding carboxylic acids is 2. The molecule has 1 aliphatic heterocycles. The number of aliphatic hydroxyl groups is 1. The number of anilines is 1. The molecule has 0 bridgehead atoms. The summed E-state index contributed by atoms with van der Waals surface area (Å²) in [7, 11) is 0. The van der Waals surface area contributed by atoms with E-state index in [0.717, 1.165) is 38.0 Å². The molecule has 2 heterocycles. The summed E-state index contributed by atoms with van der Waals surface area (Å²) in [4.78, 5) is 22.7. The van der Waals surface area contributed by atoms with Gasteiger partial charge in [0.1, 0.15) is 6.26 Å². The Kier molecular flexibility index (Phi) is 5.39. The van der Waals surface area contributed by atoms with Gasteiger partial charge >= 0.3 is 6.15 Å². The molecule has 0 saturated carbocycles. The fraction of sp³-hybridized carbons (Fsp3) is 0.636. The third kappa shape index (κ3) is 4.01. The molecule has 1 aliphatic rings. The quantitative estimate of drug-likeness (QED) is 0.815. The third-order valence-corrected chi connectivity index (χ3v) is 2.64. The van der Waals surface area contributed by atoms with Crippen molar-refractivity contribution in [1.82, 2.24) is 4.98 Å². The highest BCUT2D eigenvalue weighted by Gasteiger charge is 2.20. The lowest BCUT2D eigenvalue weighted by Crippen LogP contribution is -2.35. The Morgan fingerprint density at radius 3 is 2.59 bits per heavy atom. The summed E-state index contributed by atoms with van der Waals surface area (Å²) in [5.74, 6) is 0. The van der Waals surface area contributed by atoms with Crippen molar-refractivity contribution in [1.29, 1.82) is 0 Å². The van der Waals surface area contributed by atoms with Crippen molar-refractivity contribution < 1.29 is 19.1 Å². The van der Waals surface area contributed by atoms with E-state index >= 15 is 0 Å². The molecule has 6 heteroatoms. The average Bonchev–Trinajstić information content (AvgIpc) is 2.80. The molecule has 0 aliphatic carbocycles. The number of oxazole rings is 1. The Morgan fingerprint density at radius 1 is 1.53 bits per heavy atom. The van der Waals surface area contributed by atoms with Crippen molar-refractivity contribution in [3.05, 3.63) is 12.0 Å². The fourth-order valence-corrected chi connectivity index (χ4v) is 1.66. The van der Waals surface area contributed by atoms with Crippen LogP contribution < -0.4 is 4.90 Å². The van der Waals surface area contributed by atoms with Crippen molar-refractivity contribution in [2.75, 3.05) is 18.0 Å². The molecule has 0 amide bonds. The number of rotatable bonds is 2. The first-order valence-corrected chi connectivity index (χ1v) is 5.58. The molecule has 2 rings (SSSR count). The van der Waals surface area contributed by atoms with Crippen LogP contribution in [0.3, 0.4) is 0 Å². The number of aryl methyl sites for hydroxylation is 1. The Hall–Kier alpha value is -1.65. The molecule has 0 spiro atoms. The largest absolute Gasteiger partial charge is 0.432 e. The Labute approximate surface area is 99.2 Å². The van der Waals surface area contributed by atoms with Crippen molar-refractivity contribution >= 4 is 12.2 Å². The van der Waals surface area contributed by atoms with Crippen molar-refractivity contribution in [3.8, 4) is 0 Å². The van der Waals surface area contributed by atoms with E-state index in [-0.39, 0.29) is 12.3 Å². The van der Waals surface area contributed by atoms with Gasteiger partial charge in [0.15, 0.2) is 0 Å². The van der Waals surface area contributed by atoms with Gasteiger partial charge in [-0.1, -0.05) is 6.92 Å². The van der Waals surface area contributed by atoms with E-state index in [2.05, 4.69) is 16.8 Å². The molecule has 1 N–H and O–H groups in total. The maximum Gasteiger partial charge on any atom is 0.373 e. The summed E-state index contributed by atoms with van der Waals surface area (Å²) in [6.07, 6.45) is 4.33. The monoisotopic (exact) mass is 240 g/mol. The van der Waals surface area contributed by atoms with Gasteiger partial charge in [-0.2, -0.15) is 14.6 Å². The summed E-state index contributed by atoms with van der Waals surface area (Å²) in [6.45, 7) is 3.73. The fourth-order valence-electron chi connectivity index (χ4n) is 1.66. The molecule has 0 aromatic carbocycles. The molecule has 1 fully saturated rings. The summed E-state index contributed by atoms with van der Waals surface area (Å²) in [6, 6.07) is 0.703. The lowest BCUT2D eigenvalue weighted by molar-refractivity contribution is -0.191. The van der Waals surface area contributed by atoms with Gasteiger partial charge in [0, 0.05) is 13.1 Å². The number of aromatic nitrogens is 1. The van der Waals surface area contributed by atoms with Crippen LogP contribution in [-0.4, -0.2) is 35.4 Å². The molecule has 17 heavy (non-hydrogen) atoms. The summed E-state index contributed by atoms with van der Waals surface area (Å²) in [5.41, 5.74) is 0.992. The number of piperidine rings is 1. The van der Waals surface area contributed by atoms with E-state index in [1.54, 1.807) is 6.26 Å². The normalized spacial score (nSPS) is 16.0. The zero-order chi connectivity index (χ0) is 12.7. The second kappa shape index (κ2) is 6.83. The van der Waals surface area contributed by atoms with Crippen LogP contribution in [-0.2, 0) is 16.0 Å². The Balaban J connectivity index is 0.000000437. The molecule has 0 unspecified atom stereocenters. The van der Waals surface area contributed by atoms with E-state index < -0.39 is 0 Å². The highest BCUT2D eigenvalue weighted by atomic mass is 16.4. The second-order valence-electron chi connectivity index (χ2n) is 3.78. The minimum absolute atomic E-state index is 0.146. The molecule has 1 aromatic heterocycles. The van der Waals surface area contributed by atoms with Crippen LogP contribution in [0.2, 0.25) is 0 Å². The van der Waals surface area contributed by atoms with E-state index in [1.807, 2.05) is 0 Å². The first-order chi connectivity index (χ1) is 8.21. The lowest BCUT2D eigenvalue weighted by Gasteiger charge is -2.27. The number of aliphatic hydroxyl groups excluding tert-OH is 1. The van der Waals surface area contributed by atoms with Gasteiger partial charge in [0.2, 0.25) is 0 Å². The van der Waals surface area contributed by atoms with Crippen molar-refractivity contribution in [2.24, 2.45) is 0 Å². The van der Waals surface area contributed by atoms with Crippen LogP contribution in [0.5, 0.6) is 0 Å². The van der Waals surface area contributed by atoms with Gasteiger partial charge in [-0.3, -0.25) is 0 Å². The first-order valence-electron chi connectivity index (χ1n) is 5.58. The first kappa shape index (κ1) is 13.4. The SMILES string of the molecule is CCc1coc(N2CCC(O)CC2)n1.O=C=O. The minimum atomic E-state index is -0.146. The van der Waals surface area contributed by atoms with Crippen molar-refractivity contribution in [3.63, 3.8) is 0 Å². The van der Waals surface area contributed by atoms with Gasteiger partial charge in [0.25, 0.3) is 6.01 Å². The third-order valence-electron chi connectivity index (χ3n) is 2.64. The van der Waals surface area contributed by atoms with Crippen molar-refractivity contribution in [2.45, 2.75) is 32.3 Å². The highest BCUT2D eigenvalue weighted by molar-refractivity contribution is 5.27. The van der Waals surface area contributed by atoms with Crippen LogP contribution >= 0.6 is 0 Å². The molecule has 94 valence electrons. The topological polar surface area (TPSA) is 83.6 Å². The summed E-state index contributed by atoms with van der Waals surface area (Å²) >= 11 is 0. The molecule has 0 radical (unpaired) electrons. The highest BCUT2D eigenvalue weighted by Crippen LogP contribution is 2.19. The summed E-state index contributed by atoms with van der Waals surface area (Å²) < 4.78 is 5.36. The molecule has 6 nitrogen and oxygen atoms in total. The number of hydrogen-bond acceptors (Lipinski definition) is 6. The number of hydrogen-bond donors (Lipinski definition) is 1. The lowest BCUT2D eigenvalue weighted by atomic mass is 10.1. The van der Waals surface area contributed by atoms with E-state index in [4.69, 9.17) is 14.0 Å². The van der Waals surface area contributed by atoms with Crippen LogP contribution in [0.15, 0.2) is 10.7 Å². The van der Waals surface area contributed by atoms with Gasteiger partial charge < -0.3 is 14.4 Å². The van der Waals surface area contributed by atoms with Crippen LogP contribution in [0.25, 0.3) is 0 Å². The van der Waals surface area contributed by atoms with Gasteiger partial charge in [0.05, 0.1) is 11.8 Å². The zero-order valence-electron chi connectivity index (χ0n) is 9.76. The molecule has 0 atom stereocenters. The van der Waals surface area contributed by atoms with Gasteiger partial charge in [-0.05, 0) is 19.3 Å². The molecular formula is C11H16N2O4. The Morgan fingerprint density at radius 2 is 2.12 bits per heavy atom. The predicted molar refractivity (Wildman–Crippen MR) is 58.3 cm³/mol. The predicted octanol–water partition coefficient (Wildman–Crippen LogP) is 0.615. The van der Waals surface area contributed by atoms with Crippen LogP contribution in [0, 0.1) is 0 Å². The Bertz CT molecular complexity index is 363. The standard InChI is InChI=1S/C10H16N2O2.CO2/c1-2-8-7-14-10(11-8)12-5-3-9(13)4-6-12;2-1-3/h7,9,13H,2-6H2,1H3;. The molecular weight excluding hydrogens is 224 g/mol. The van der Waals surface area contributed by atoms with Gasteiger partial charge in [-0.25, -0.2) is 0 Å². The van der Waals surface area contributed by atoms with E-state index in [0.29, 0.717) is 6.01 Å². The average molecular weight is 240 g/mol.